The van der Waals surface area contributed by atoms with E-state index in [9.17, 15) is 14.0 Å². The van der Waals surface area contributed by atoms with E-state index in [0.717, 1.165) is 25.7 Å². The van der Waals surface area contributed by atoms with Crippen LogP contribution in [0.4, 0.5) is 10.1 Å². The topological polar surface area (TPSA) is 67.2 Å². The van der Waals surface area contributed by atoms with E-state index in [1.807, 2.05) is 4.90 Å². The van der Waals surface area contributed by atoms with Gasteiger partial charge in [-0.05, 0) is 38.0 Å². The molecule has 2 fully saturated rings. The van der Waals surface area contributed by atoms with Crippen molar-refractivity contribution in [3.05, 3.63) is 42.2 Å². The molecule has 2 heterocycles. The molecule has 2 amide bonds. The van der Waals surface area contributed by atoms with Gasteiger partial charge in [-0.15, -0.1) is 0 Å². The fourth-order valence-corrected chi connectivity index (χ4v) is 4.13. The lowest BCUT2D eigenvalue weighted by Crippen LogP contribution is -2.35. The molecule has 1 aliphatic carbocycles. The van der Waals surface area contributed by atoms with Crippen LogP contribution in [0.15, 0.2) is 30.6 Å². The average molecular weight is 370 g/mol. The summed E-state index contributed by atoms with van der Waals surface area (Å²) < 4.78 is 16.1. The molecule has 0 radical (unpaired) electrons. The third kappa shape index (κ3) is 3.46. The minimum absolute atomic E-state index is 0.0548. The molecule has 1 atom stereocenters. The highest BCUT2D eigenvalue weighted by Gasteiger charge is 2.38. The van der Waals surface area contributed by atoms with Crippen LogP contribution in [0, 0.1) is 18.7 Å². The molecule has 1 aromatic carbocycles. The maximum atomic E-state index is 14.5. The number of carbonyl (C=O) groups is 2. The summed E-state index contributed by atoms with van der Waals surface area (Å²) in [6.07, 6.45) is 7.88. The number of imidazole rings is 1. The highest BCUT2D eigenvalue weighted by Crippen LogP contribution is 2.30. The minimum atomic E-state index is -0.441. The van der Waals surface area contributed by atoms with E-state index in [-0.39, 0.29) is 30.2 Å². The van der Waals surface area contributed by atoms with Gasteiger partial charge in [-0.1, -0.05) is 12.8 Å². The number of nitrogens with zero attached hydrogens (tertiary/aromatic N) is 3. The summed E-state index contributed by atoms with van der Waals surface area (Å²) in [5, 5.41) is 2.76. The number of amides is 2. The Labute approximate surface area is 157 Å². The molecule has 1 N–H and O–H groups in total. The number of anilines is 1. The molecule has 0 bridgehead atoms. The zero-order valence-corrected chi connectivity index (χ0v) is 15.3. The number of hydrogen-bond acceptors (Lipinski definition) is 3. The molecule has 7 heteroatoms. The zero-order chi connectivity index (χ0) is 19.0. The summed E-state index contributed by atoms with van der Waals surface area (Å²) in [6, 6.07) is 4.87. The first-order chi connectivity index (χ1) is 13.0. The second-order valence-electron chi connectivity index (χ2n) is 7.39. The average Bonchev–Trinajstić information content (AvgIpc) is 3.36. The first-order valence-corrected chi connectivity index (χ1v) is 9.43. The van der Waals surface area contributed by atoms with Crippen LogP contribution in [-0.2, 0) is 9.59 Å². The van der Waals surface area contributed by atoms with Crippen LogP contribution in [0.5, 0.6) is 0 Å². The van der Waals surface area contributed by atoms with Crippen molar-refractivity contribution in [2.24, 2.45) is 5.92 Å². The van der Waals surface area contributed by atoms with Crippen LogP contribution in [0.2, 0.25) is 0 Å². The van der Waals surface area contributed by atoms with Crippen LogP contribution >= 0.6 is 0 Å². The Morgan fingerprint density at radius 2 is 2.07 bits per heavy atom. The minimum Gasteiger partial charge on any atom is -0.339 e. The molecule has 1 saturated heterocycles. The Morgan fingerprint density at radius 1 is 1.30 bits per heavy atom. The number of aryl methyl sites for hydroxylation is 1. The Balaban J connectivity index is 1.43. The van der Waals surface area contributed by atoms with E-state index in [4.69, 9.17) is 0 Å². The van der Waals surface area contributed by atoms with Crippen molar-refractivity contribution in [3.63, 3.8) is 0 Å². The summed E-state index contributed by atoms with van der Waals surface area (Å²) in [5.74, 6) is -0.308. The molecule has 1 unspecified atom stereocenters. The van der Waals surface area contributed by atoms with Gasteiger partial charge in [0.2, 0.25) is 11.8 Å². The van der Waals surface area contributed by atoms with Crippen molar-refractivity contribution in [3.8, 4) is 5.69 Å². The zero-order valence-electron chi connectivity index (χ0n) is 15.3. The molecule has 4 rings (SSSR count). The number of carbonyl (C=O) groups excluding carboxylic acids is 2. The monoisotopic (exact) mass is 370 g/mol. The molecular weight excluding hydrogens is 347 g/mol. The van der Waals surface area contributed by atoms with E-state index in [0.29, 0.717) is 23.7 Å². The predicted octanol–water partition coefficient (Wildman–Crippen LogP) is 3.05. The number of hydrogen-bond donors (Lipinski definition) is 1. The molecule has 2 aromatic rings. The van der Waals surface area contributed by atoms with Crippen LogP contribution in [0.1, 0.15) is 37.9 Å². The summed E-state index contributed by atoms with van der Waals surface area (Å²) in [4.78, 5) is 30.8. The summed E-state index contributed by atoms with van der Waals surface area (Å²) in [7, 11) is 0. The number of aromatic nitrogens is 2. The fourth-order valence-electron chi connectivity index (χ4n) is 4.13. The van der Waals surface area contributed by atoms with Gasteiger partial charge in [0.1, 0.15) is 11.6 Å². The van der Waals surface area contributed by atoms with Crippen LogP contribution in [0.25, 0.3) is 5.69 Å². The quantitative estimate of drug-likeness (QED) is 0.899. The molecule has 0 spiro atoms. The van der Waals surface area contributed by atoms with Crippen molar-refractivity contribution in [2.75, 3.05) is 11.9 Å². The van der Waals surface area contributed by atoms with Gasteiger partial charge in [-0.3, -0.25) is 9.59 Å². The Hall–Kier alpha value is -2.70. The van der Waals surface area contributed by atoms with Gasteiger partial charge >= 0.3 is 0 Å². The summed E-state index contributed by atoms with van der Waals surface area (Å²) in [5.41, 5.74) is 0.775. The largest absolute Gasteiger partial charge is 0.339 e. The lowest BCUT2D eigenvalue weighted by atomic mass is 10.1. The number of halogens is 1. The molecule has 6 nitrogen and oxygen atoms in total. The molecule has 142 valence electrons. The Kier molecular flexibility index (Phi) is 4.68. The highest BCUT2D eigenvalue weighted by atomic mass is 19.1. The second kappa shape index (κ2) is 7.13. The van der Waals surface area contributed by atoms with Crippen LogP contribution in [-0.4, -0.2) is 38.9 Å². The molecule has 1 aromatic heterocycles. The van der Waals surface area contributed by atoms with E-state index in [1.54, 1.807) is 36.0 Å². The molecule has 1 aliphatic heterocycles. The number of rotatable bonds is 4. The Morgan fingerprint density at radius 3 is 2.74 bits per heavy atom. The third-order valence-electron chi connectivity index (χ3n) is 5.60. The first-order valence-electron chi connectivity index (χ1n) is 9.43. The fraction of sp³-hybridized carbons (Fsp3) is 0.450. The van der Waals surface area contributed by atoms with Crippen LogP contribution in [0.3, 0.4) is 0 Å². The van der Waals surface area contributed by atoms with Crippen LogP contribution < -0.4 is 5.32 Å². The normalized spacial score (nSPS) is 20.4. The van der Waals surface area contributed by atoms with Gasteiger partial charge in [0.05, 0.1) is 11.6 Å². The highest BCUT2D eigenvalue weighted by molar-refractivity contribution is 5.97. The number of benzene rings is 1. The second-order valence-corrected chi connectivity index (χ2v) is 7.39. The standard InChI is InChI=1S/C20H23FN4O2/c1-13-22-8-9-24(13)18-7-6-15(11-17(18)21)23-20(27)14-10-19(26)25(12-14)16-4-2-3-5-16/h6-9,11,14,16H,2-5,10,12H2,1H3,(H,23,27). The molecule has 1 saturated carbocycles. The third-order valence-corrected chi connectivity index (χ3v) is 5.60. The van der Waals surface area contributed by atoms with E-state index >= 15 is 0 Å². The van der Waals surface area contributed by atoms with Gasteiger partial charge in [-0.2, -0.15) is 0 Å². The van der Waals surface area contributed by atoms with Crippen molar-refractivity contribution in [1.82, 2.24) is 14.5 Å². The number of nitrogens with one attached hydrogen (secondary N) is 1. The number of likely N-dealkylation sites (tertiary alicyclic amines) is 1. The van der Waals surface area contributed by atoms with Gasteiger partial charge < -0.3 is 14.8 Å². The maximum Gasteiger partial charge on any atom is 0.229 e. The Bertz CT molecular complexity index is 873. The van der Waals surface area contributed by atoms with Crippen molar-refractivity contribution >= 4 is 17.5 Å². The van der Waals surface area contributed by atoms with Crippen molar-refractivity contribution in [1.29, 1.82) is 0 Å². The van der Waals surface area contributed by atoms with E-state index in [1.165, 1.54) is 6.07 Å². The summed E-state index contributed by atoms with van der Waals surface area (Å²) >= 11 is 0. The molecular formula is C20H23FN4O2. The lowest BCUT2D eigenvalue weighted by molar-refractivity contribution is -0.129. The van der Waals surface area contributed by atoms with Gasteiger partial charge in [0, 0.05) is 37.1 Å². The SMILES string of the molecule is Cc1nccn1-c1ccc(NC(=O)C2CC(=O)N(C3CCCC3)C2)cc1F. The smallest absolute Gasteiger partial charge is 0.229 e. The van der Waals surface area contributed by atoms with Crippen molar-refractivity contribution in [2.45, 2.75) is 45.1 Å². The van der Waals surface area contributed by atoms with Crippen molar-refractivity contribution < 1.29 is 14.0 Å². The maximum absolute atomic E-state index is 14.5. The lowest BCUT2D eigenvalue weighted by Gasteiger charge is -2.23. The first kappa shape index (κ1) is 17.7. The summed E-state index contributed by atoms with van der Waals surface area (Å²) in [6.45, 7) is 2.26. The van der Waals surface area contributed by atoms with Gasteiger partial charge in [0.15, 0.2) is 0 Å². The molecule has 2 aliphatic rings. The van der Waals surface area contributed by atoms with Gasteiger partial charge in [-0.25, -0.2) is 9.37 Å². The molecule has 27 heavy (non-hydrogen) atoms. The van der Waals surface area contributed by atoms with E-state index < -0.39 is 5.82 Å². The van der Waals surface area contributed by atoms with Gasteiger partial charge in [0.25, 0.3) is 0 Å². The predicted molar refractivity (Wildman–Crippen MR) is 99.0 cm³/mol. The van der Waals surface area contributed by atoms with E-state index in [2.05, 4.69) is 10.3 Å².